The molecule has 0 fully saturated rings. The van der Waals surface area contributed by atoms with Crippen molar-refractivity contribution >= 4 is 17.3 Å². The molecule has 2 rings (SSSR count). The maximum Gasteiger partial charge on any atom is 0.127 e. The summed E-state index contributed by atoms with van der Waals surface area (Å²) < 4.78 is 10.7. The smallest absolute Gasteiger partial charge is 0.127 e. The summed E-state index contributed by atoms with van der Waals surface area (Å²) in [5.41, 5.74) is 8.60. The van der Waals surface area contributed by atoms with Crippen molar-refractivity contribution in [3.8, 4) is 11.5 Å². The van der Waals surface area contributed by atoms with Gasteiger partial charge < -0.3 is 20.5 Å². The van der Waals surface area contributed by atoms with Crippen LogP contribution in [0.25, 0.3) is 0 Å². The summed E-state index contributed by atoms with van der Waals surface area (Å²) in [7, 11) is 3.29. The van der Waals surface area contributed by atoms with Crippen LogP contribution in [0, 0.1) is 0 Å². The van der Waals surface area contributed by atoms with Gasteiger partial charge in [0.25, 0.3) is 0 Å². The Balaban J connectivity index is 2.08. The minimum absolute atomic E-state index is 0.610. The number of nitrogens with one attached hydrogen (secondary N) is 1. The van der Waals surface area contributed by atoms with Gasteiger partial charge in [-0.3, -0.25) is 0 Å². The van der Waals surface area contributed by atoms with E-state index in [2.05, 4.69) is 5.32 Å². The molecule has 0 radical (unpaired) electrons. The molecule has 0 unspecified atom stereocenters. The number of halogens is 1. The average molecular weight is 307 g/mol. The second-order valence-corrected chi connectivity index (χ2v) is 5.02. The van der Waals surface area contributed by atoms with Gasteiger partial charge in [0.05, 0.1) is 14.2 Å². The molecule has 21 heavy (non-hydrogen) atoms. The summed E-state index contributed by atoms with van der Waals surface area (Å²) in [6, 6.07) is 11.2. The Morgan fingerprint density at radius 2 is 1.71 bits per heavy atom. The zero-order valence-corrected chi connectivity index (χ0v) is 12.9. The van der Waals surface area contributed by atoms with Crippen LogP contribution >= 0.6 is 11.6 Å². The number of rotatable bonds is 6. The zero-order chi connectivity index (χ0) is 15.2. The fourth-order valence-electron chi connectivity index (χ4n) is 2.15. The van der Waals surface area contributed by atoms with E-state index < -0.39 is 0 Å². The van der Waals surface area contributed by atoms with Crippen molar-refractivity contribution in [3.63, 3.8) is 0 Å². The number of nitrogen functional groups attached to an aromatic ring is 1. The van der Waals surface area contributed by atoms with Crippen molar-refractivity contribution in [2.75, 3.05) is 20.0 Å². The highest BCUT2D eigenvalue weighted by atomic mass is 35.5. The van der Waals surface area contributed by atoms with E-state index in [9.17, 15) is 0 Å². The van der Waals surface area contributed by atoms with Crippen LogP contribution in [0.15, 0.2) is 36.4 Å². The van der Waals surface area contributed by atoms with E-state index in [1.54, 1.807) is 20.3 Å². The van der Waals surface area contributed by atoms with Crippen LogP contribution in [0.1, 0.15) is 11.1 Å². The molecule has 0 amide bonds. The monoisotopic (exact) mass is 306 g/mol. The van der Waals surface area contributed by atoms with Gasteiger partial charge in [-0.15, -0.1) is 0 Å². The first kappa shape index (κ1) is 15.5. The number of hydrogen-bond donors (Lipinski definition) is 2. The lowest BCUT2D eigenvalue weighted by Gasteiger charge is -2.14. The van der Waals surface area contributed by atoms with E-state index in [1.165, 1.54) is 0 Å². The number of nitrogens with two attached hydrogens (primary N) is 1. The topological polar surface area (TPSA) is 56.5 Å². The van der Waals surface area contributed by atoms with Crippen LogP contribution in [-0.4, -0.2) is 14.2 Å². The van der Waals surface area contributed by atoms with Crippen LogP contribution in [0.3, 0.4) is 0 Å². The number of hydrogen-bond acceptors (Lipinski definition) is 4. The first-order chi connectivity index (χ1) is 10.2. The highest BCUT2D eigenvalue weighted by Gasteiger charge is 2.09. The maximum absolute atomic E-state index is 5.98. The van der Waals surface area contributed by atoms with Crippen molar-refractivity contribution in [1.82, 2.24) is 5.32 Å². The lowest BCUT2D eigenvalue weighted by molar-refractivity contribution is 0.382. The minimum Gasteiger partial charge on any atom is -0.496 e. The Kier molecular flexibility index (Phi) is 5.31. The molecule has 0 aromatic heterocycles. The maximum atomic E-state index is 5.98. The van der Waals surface area contributed by atoms with Gasteiger partial charge in [0.1, 0.15) is 11.5 Å². The molecule has 0 spiro atoms. The van der Waals surface area contributed by atoms with E-state index in [0.29, 0.717) is 18.1 Å². The molecule has 0 heterocycles. The molecule has 0 bridgehead atoms. The van der Waals surface area contributed by atoms with Gasteiger partial charge in [-0.05, 0) is 35.9 Å². The van der Waals surface area contributed by atoms with Crippen molar-refractivity contribution in [2.24, 2.45) is 0 Å². The van der Waals surface area contributed by atoms with Gasteiger partial charge in [0.15, 0.2) is 0 Å². The Labute approximate surface area is 129 Å². The fraction of sp³-hybridized carbons (Fsp3) is 0.250. The number of ether oxygens (including phenoxy) is 2. The summed E-state index contributed by atoms with van der Waals surface area (Å²) in [6.07, 6.45) is 0. The van der Waals surface area contributed by atoms with Gasteiger partial charge in [-0.2, -0.15) is 0 Å². The van der Waals surface area contributed by atoms with E-state index in [4.69, 9.17) is 26.8 Å². The number of benzene rings is 2. The first-order valence-corrected chi connectivity index (χ1v) is 6.98. The van der Waals surface area contributed by atoms with E-state index in [1.807, 2.05) is 30.3 Å². The lowest BCUT2D eigenvalue weighted by Crippen LogP contribution is -2.15. The van der Waals surface area contributed by atoms with Gasteiger partial charge in [-0.1, -0.05) is 17.7 Å². The van der Waals surface area contributed by atoms with Crippen LogP contribution < -0.4 is 20.5 Å². The van der Waals surface area contributed by atoms with E-state index >= 15 is 0 Å². The third-order valence-corrected chi connectivity index (χ3v) is 3.49. The summed E-state index contributed by atoms with van der Waals surface area (Å²) in [5, 5.41) is 4.01. The molecule has 112 valence electrons. The van der Waals surface area contributed by atoms with E-state index in [0.717, 1.165) is 28.3 Å². The molecule has 0 aliphatic carbocycles. The summed E-state index contributed by atoms with van der Waals surface area (Å²) in [4.78, 5) is 0. The van der Waals surface area contributed by atoms with Crippen molar-refractivity contribution < 1.29 is 9.47 Å². The normalized spacial score (nSPS) is 10.4. The predicted octanol–water partition coefficient (Wildman–Crippen LogP) is 3.23. The summed E-state index contributed by atoms with van der Waals surface area (Å²) in [5.74, 6) is 1.59. The van der Waals surface area contributed by atoms with Gasteiger partial charge >= 0.3 is 0 Å². The van der Waals surface area contributed by atoms with Gasteiger partial charge in [0, 0.05) is 29.4 Å². The molecular formula is C16H19ClN2O2. The summed E-state index contributed by atoms with van der Waals surface area (Å²) >= 11 is 5.98. The Morgan fingerprint density at radius 3 is 2.33 bits per heavy atom. The Morgan fingerprint density at radius 1 is 1.05 bits per heavy atom. The molecule has 2 aromatic rings. The number of anilines is 1. The molecule has 2 aromatic carbocycles. The van der Waals surface area contributed by atoms with Crippen LogP contribution in [0.5, 0.6) is 11.5 Å². The molecule has 0 saturated heterocycles. The third kappa shape index (κ3) is 3.80. The minimum atomic E-state index is 0.610. The second kappa shape index (κ2) is 7.20. The Hall–Kier alpha value is -1.91. The molecule has 0 atom stereocenters. The quantitative estimate of drug-likeness (QED) is 0.805. The molecule has 0 aliphatic heterocycles. The van der Waals surface area contributed by atoms with Crippen molar-refractivity contribution in [1.29, 1.82) is 0 Å². The van der Waals surface area contributed by atoms with Crippen molar-refractivity contribution in [2.45, 2.75) is 13.1 Å². The molecule has 3 N–H and O–H groups in total. The largest absolute Gasteiger partial charge is 0.496 e. The molecule has 0 saturated carbocycles. The SMILES string of the molecule is COc1cccc(OC)c1CNCc1cc(Cl)ccc1N. The second-order valence-electron chi connectivity index (χ2n) is 4.59. The highest BCUT2D eigenvalue weighted by Crippen LogP contribution is 2.28. The van der Waals surface area contributed by atoms with Crippen LogP contribution in [-0.2, 0) is 13.1 Å². The van der Waals surface area contributed by atoms with Crippen molar-refractivity contribution in [3.05, 3.63) is 52.5 Å². The predicted molar refractivity (Wildman–Crippen MR) is 86.0 cm³/mol. The highest BCUT2D eigenvalue weighted by molar-refractivity contribution is 6.30. The third-order valence-electron chi connectivity index (χ3n) is 3.25. The molecular weight excluding hydrogens is 288 g/mol. The van der Waals surface area contributed by atoms with Crippen LogP contribution in [0.4, 0.5) is 5.69 Å². The first-order valence-electron chi connectivity index (χ1n) is 6.60. The average Bonchev–Trinajstić information content (AvgIpc) is 2.50. The molecule has 4 nitrogen and oxygen atoms in total. The lowest BCUT2D eigenvalue weighted by atomic mass is 10.1. The molecule has 0 aliphatic rings. The fourth-order valence-corrected chi connectivity index (χ4v) is 2.35. The zero-order valence-electron chi connectivity index (χ0n) is 12.2. The van der Waals surface area contributed by atoms with Gasteiger partial charge in [0.2, 0.25) is 0 Å². The van der Waals surface area contributed by atoms with Gasteiger partial charge in [-0.25, -0.2) is 0 Å². The number of methoxy groups -OCH3 is 2. The standard InChI is InChI=1S/C16H19ClN2O2/c1-20-15-4-3-5-16(21-2)13(15)10-19-9-11-8-12(17)6-7-14(11)18/h3-8,19H,9-10,18H2,1-2H3. The molecule has 5 heteroatoms. The summed E-state index contributed by atoms with van der Waals surface area (Å²) in [6.45, 7) is 1.23. The van der Waals surface area contributed by atoms with E-state index in [-0.39, 0.29) is 0 Å². The van der Waals surface area contributed by atoms with Crippen LogP contribution in [0.2, 0.25) is 5.02 Å². The Bertz CT molecular complexity index is 595.